The van der Waals surface area contributed by atoms with Gasteiger partial charge in [0.15, 0.2) is 10.9 Å². The Balaban J connectivity index is 1.89. The van der Waals surface area contributed by atoms with E-state index in [0.29, 0.717) is 23.9 Å². The average molecular weight is 337 g/mol. The van der Waals surface area contributed by atoms with Gasteiger partial charge in [-0.15, -0.1) is 0 Å². The Hall–Kier alpha value is -1.43. The van der Waals surface area contributed by atoms with E-state index in [0.717, 1.165) is 17.2 Å². The van der Waals surface area contributed by atoms with Gasteiger partial charge in [-0.25, -0.2) is 0 Å². The maximum absolute atomic E-state index is 12.8. The fourth-order valence-corrected chi connectivity index (χ4v) is 3.30. The smallest absolute Gasteiger partial charge is 0.290 e. The Morgan fingerprint density at radius 2 is 2.18 bits per heavy atom. The third-order valence-electron chi connectivity index (χ3n) is 3.76. The molecule has 1 aromatic heterocycles. The van der Waals surface area contributed by atoms with E-state index in [9.17, 15) is 4.79 Å². The van der Waals surface area contributed by atoms with Crippen molar-refractivity contribution in [2.75, 3.05) is 25.9 Å². The number of nitrogens with zero attached hydrogens (tertiary/aromatic N) is 1. The van der Waals surface area contributed by atoms with Crippen molar-refractivity contribution in [3.8, 4) is 0 Å². The number of furan rings is 1. The number of rotatable bonds is 3. The summed E-state index contributed by atoms with van der Waals surface area (Å²) in [6, 6.07) is 11.1. The first-order valence-corrected chi connectivity index (χ1v) is 8.71. The number of carbonyl (C=O) groups is 1. The molecule has 1 aliphatic rings. The number of benzene rings is 1. The van der Waals surface area contributed by atoms with Crippen molar-refractivity contribution >= 4 is 29.3 Å². The summed E-state index contributed by atoms with van der Waals surface area (Å²) < 4.78 is 5.58. The molecule has 4 nitrogen and oxygen atoms in total. The molecule has 1 fully saturated rings. The second-order valence-corrected chi connectivity index (χ2v) is 6.28. The lowest BCUT2D eigenvalue weighted by molar-refractivity contribution is 0.0596. The second kappa shape index (κ2) is 6.77. The number of halogens is 1. The van der Waals surface area contributed by atoms with E-state index in [4.69, 9.17) is 16.0 Å². The molecular weight excluding hydrogens is 320 g/mol. The fourth-order valence-electron chi connectivity index (χ4n) is 2.66. The van der Waals surface area contributed by atoms with Gasteiger partial charge in [-0.3, -0.25) is 4.79 Å². The zero-order chi connectivity index (χ0) is 15.5. The minimum Gasteiger partial charge on any atom is -0.445 e. The molecule has 22 heavy (non-hydrogen) atoms. The topological polar surface area (TPSA) is 45.5 Å². The summed E-state index contributed by atoms with van der Waals surface area (Å²) >= 11 is 7.79. The molecule has 3 rings (SSSR count). The largest absolute Gasteiger partial charge is 0.445 e. The van der Waals surface area contributed by atoms with Crippen molar-refractivity contribution in [3.63, 3.8) is 0 Å². The van der Waals surface area contributed by atoms with Gasteiger partial charge in [0.25, 0.3) is 5.91 Å². The van der Waals surface area contributed by atoms with E-state index in [-0.39, 0.29) is 11.9 Å². The lowest BCUT2D eigenvalue weighted by Gasteiger charge is -2.36. The number of thioether (sulfide) groups is 1. The van der Waals surface area contributed by atoms with Crippen LogP contribution in [0.1, 0.15) is 22.2 Å². The van der Waals surface area contributed by atoms with Gasteiger partial charge in [0.2, 0.25) is 0 Å². The molecule has 1 saturated heterocycles. The zero-order valence-corrected chi connectivity index (χ0v) is 13.8. The van der Waals surface area contributed by atoms with Gasteiger partial charge < -0.3 is 14.6 Å². The molecule has 2 heterocycles. The molecule has 0 aliphatic carbocycles. The highest BCUT2D eigenvalue weighted by Crippen LogP contribution is 2.30. The second-order valence-electron chi connectivity index (χ2n) is 5.06. The number of carbonyl (C=O) groups excluding carboxylic acids is 1. The van der Waals surface area contributed by atoms with E-state index in [1.54, 1.807) is 6.07 Å². The molecule has 1 atom stereocenters. The van der Waals surface area contributed by atoms with Gasteiger partial charge in [0.05, 0.1) is 6.04 Å². The third kappa shape index (κ3) is 3.02. The molecule has 1 aliphatic heterocycles. The van der Waals surface area contributed by atoms with Crippen molar-refractivity contribution in [3.05, 3.63) is 52.7 Å². The maximum Gasteiger partial charge on any atom is 0.290 e. The molecule has 0 saturated carbocycles. The summed E-state index contributed by atoms with van der Waals surface area (Å²) in [5.41, 5.74) is 0.960. The van der Waals surface area contributed by atoms with E-state index in [1.165, 1.54) is 11.8 Å². The summed E-state index contributed by atoms with van der Waals surface area (Å²) in [6.45, 7) is 2.08. The van der Waals surface area contributed by atoms with Crippen LogP contribution in [-0.2, 0) is 0 Å². The van der Waals surface area contributed by atoms with Gasteiger partial charge in [0, 0.05) is 24.7 Å². The van der Waals surface area contributed by atoms with Crippen LogP contribution in [0.5, 0.6) is 0 Å². The van der Waals surface area contributed by atoms with E-state index >= 15 is 0 Å². The van der Waals surface area contributed by atoms with Crippen LogP contribution in [0.2, 0.25) is 5.02 Å². The number of nitrogens with one attached hydrogen (secondary N) is 1. The molecule has 0 bridgehead atoms. The molecule has 0 radical (unpaired) electrons. The van der Waals surface area contributed by atoms with Crippen LogP contribution >= 0.6 is 23.4 Å². The quantitative estimate of drug-likeness (QED) is 0.872. The van der Waals surface area contributed by atoms with Gasteiger partial charge >= 0.3 is 0 Å². The van der Waals surface area contributed by atoms with Crippen molar-refractivity contribution in [1.29, 1.82) is 0 Å². The van der Waals surface area contributed by atoms with Crippen molar-refractivity contribution in [1.82, 2.24) is 10.2 Å². The Morgan fingerprint density at radius 1 is 1.36 bits per heavy atom. The molecule has 6 heteroatoms. The van der Waals surface area contributed by atoms with Crippen molar-refractivity contribution < 1.29 is 9.21 Å². The van der Waals surface area contributed by atoms with Crippen molar-refractivity contribution in [2.45, 2.75) is 11.1 Å². The number of hydrogen-bond donors (Lipinski definition) is 1. The highest BCUT2D eigenvalue weighted by atomic mass is 35.5. The van der Waals surface area contributed by atoms with Gasteiger partial charge in [-0.05, 0) is 30.0 Å². The predicted molar refractivity (Wildman–Crippen MR) is 88.6 cm³/mol. The fraction of sp³-hybridized carbons (Fsp3) is 0.312. The molecular formula is C16H17ClN2O2S. The minimum atomic E-state index is -0.0910. The highest BCUT2D eigenvalue weighted by Gasteiger charge is 2.31. The van der Waals surface area contributed by atoms with Gasteiger partial charge in [-0.2, -0.15) is 0 Å². The molecule has 1 aromatic carbocycles. The summed E-state index contributed by atoms with van der Waals surface area (Å²) in [5, 5.41) is 4.75. The number of amides is 1. The molecule has 0 spiro atoms. The Kier molecular flexibility index (Phi) is 4.76. The predicted octanol–water partition coefficient (Wildman–Crippen LogP) is 3.44. The van der Waals surface area contributed by atoms with E-state index < -0.39 is 0 Å². The molecule has 1 N–H and O–H groups in total. The highest BCUT2D eigenvalue weighted by molar-refractivity contribution is 7.98. The lowest BCUT2D eigenvalue weighted by Crippen LogP contribution is -2.48. The first-order chi connectivity index (χ1) is 10.7. The number of piperazine rings is 1. The van der Waals surface area contributed by atoms with Gasteiger partial charge in [-0.1, -0.05) is 41.6 Å². The summed E-state index contributed by atoms with van der Waals surface area (Å²) in [4.78, 5) is 14.6. The van der Waals surface area contributed by atoms with E-state index in [1.807, 2.05) is 41.5 Å². The van der Waals surface area contributed by atoms with Crippen LogP contribution in [0.3, 0.4) is 0 Å². The van der Waals surface area contributed by atoms with Crippen molar-refractivity contribution in [2.24, 2.45) is 0 Å². The average Bonchev–Trinajstić information content (AvgIpc) is 3.04. The van der Waals surface area contributed by atoms with Crippen LogP contribution in [0.15, 0.2) is 45.9 Å². The van der Waals surface area contributed by atoms with E-state index in [2.05, 4.69) is 5.32 Å². The van der Waals surface area contributed by atoms with Crippen LogP contribution in [-0.4, -0.2) is 36.7 Å². The Morgan fingerprint density at radius 3 is 2.91 bits per heavy atom. The van der Waals surface area contributed by atoms with Crippen LogP contribution in [0.4, 0.5) is 0 Å². The summed E-state index contributed by atoms with van der Waals surface area (Å²) in [7, 11) is 0. The molecule has 116 valence electrons. The first-order valence-electron chi connectivity index (χ1n) is 7.10. The maximum atomic E-state index is 12.8. The normalized spacial score (nSPS) is 18.5. The van der Waals surface area contributed by atoms with Crippen LogP contribution in [0, 0.1) is 0 Å². The van der Waals surface area contributed by atoms with Gasteiger partial charge in [0.1, 0.15) is 0 Å². The minimum absolute atomic E-state index is 0.0854. The first kappa shape index (κ1) is 15.5. The molecule has 2 aromatic rings. The summed E-state index contributed by atoms with van der Waals surface area (Å²) in [5.74, 6) is 0.287. The lowest BCUT2D eigenvalue weighted by atomic mass is 10.0. The molecule has 1 amide bonds. The third-order valence-corrected chi connectivity index (χ3v) is 4.73. The zero-order valence-electron chi connectivity index (χ0n) is 12.2. The SMILES string of the molecule is CSc1ccc(C(=O)N2CCNCC2c2ccccc2Cl)o1. The van der Waals surface area contributed by atoms with Crippen LogP contribution < -0.4 is 5.32 Å². The number of hydrogen-bond acceptors (Lipinski definition) is 4. The Labute approximate surface area is 138 Å². The monoisotopic (exact) mass is 336 g/mol. The summed E-state index contributed by atoms with van der Waals surface area (Å²) in [6.07, 6.45) is 1.92. The van der Waals surface area contributed by atoms with Crippen LogP contribution in [0.25, 0.3) is 0 Å². The Bertz CT molecular complexity index is 674. The standard InChI is InChI=1S/C16H17ClN2O2S/c1-22-15-7-6-14(21-15)16(20)19-9-8-18-10-13(19)11-4-2-3-5-12(11)17/h2-7,13,18H,8-10H2,1H3. The molecule has 1 unspecified atom stereocenters.